The predicted molar refractivity (Wildman–Crippen MR) is 111 cm³/mol. The lowest BCUT2D eigenvalue weighted by atomic mass is 9.83. The first-order chi connectivity index (χ1) is 15.1. The fourth-order valence-corrected chi connectivity index (χ4v) is 5.13. The number of carbonyl (C=O) groups excluding carboxylic acids is 1. The van der Waals surface area contributed by atoms with Gasteiger partial charge in [-0.25, -0.2) is 10.4 Å². The van der Waals surface area contributed by atoms with Gasteiger partial charge < -0.3 is 15.7 Å². The van der Waals surface area contributed by atoms with Crippen molar-refractivity contribution in [1.29, 1.82) is 5.26 Å². The number of anilines is 1. The van der Waals surface area contributed by atoms with Gasteiger partial charge in [-0.1, -0.05) is 25.0 Å². The fraction of sp³-hybridized carbons (Fsp3) is 0.636. The van der Waals surface area contributed by atoms with E-state index in [0.717, 1.165) is 39.0 Å². The van der Waals surface area contributed by atoms with Crippen molar-refractivity contribution in [1.82, 2.24) is 15.8 Å². The van der Waals surface area contributed by atoms with E-state index in [9.17, 15) is 28.3 Å². The van der Waals surface area contributed by atoms with Crippen LogP contribution in [0.5, 0.6) is 0 Å². The molecule has 7 nitrogen and oxygen atoms in total. The summed E-state index contributed by atoms with van der Waals surface area (Å²) >= 11 is 0. The molecule has 0 bridgehead atoms. The fourth-order valence-electron chi connectivity index (χ4n) is 5.13. The second-order valence-corrected chi connectivity index (χ2v) is 9.07. The van der Waals surface area contributed by atoms with Crippen LogP contribution in [0.4, 0.5) is 18.9 Å². The number of fused-ring (bicyclic) bond motifs is 1. The predicted octanol–water partition coefficient (Wildman–Crippen LogP) is 2.60. The summed E-state index contributed by atoms with van der Waals surface area (Å²) in [6, 6.07) is 7.76. The molecule has 0 aromatic heterocycles. The number of amides is 1. The minimum Gasteiger partial charge on any atom is -0.376 e. The summed E-state index contributed by atoms with van der Waals surface area (Å²) in [6.45, 7) is 1.29. The maximum Gasteiger partial charge on any atom is 0.421 e. The summed E-state index contributed by atoms with van der Waals surface area (Å²) in [5, 5.41) is 27.7. The third kappa shape index (κ3) is 4.05. The van der Waals surface area contributed by atoms with Crippen LogP contribution in [-0.2, 0) is 10.4 Å². The summed E-state index contributed by atoms with van der Waals surface area (Å²) < 4.78 is 39.3. The van der Waals surface area contributed by atoms with Crippen LogP contribution in [0.25, 0.3) is 0 Å². The van der Waals surface area contributed by atoms with Crippen LogP contribution in [0.2, 0.25) is 0 Å². The average molecular weight is 451 g/mol. The van der Waals surface area contributed by atoms with Crippen molar-refractivity contribution >= 4 is 11.6 Å². The van der Waals surface area contributed by atoms with Crippen molar-refractivity contribution in [2.75, 3.05) is 11.9 Å². The van der Waals surface area contributed by atoms with Crippen molar-refractivity contribution in [3.8, 4) is 6.07 Å². The molecular formula is C22H28F3N5O2. The summed E-state index contributed by atoms with van der Waals surface area (Å²) in [6.07, 6.45) is -0.735. The quantitative estimate of drug-likeness (QED) is 0.562. The minimum absolute atomic E-state index is 0.0169. The van der Waals surface area contributed by atoms with E-state index in [1.54, 1.807) is 0 Å². The standard InChI is InChI=1S/C22H28F3N5O2/c1-21(32,22(23,24)25)14-6-8-15(9-7-14)28-19-18-17(10-11-27-20(18)31)30(29-19)16-5-3-2-4-13(16)12-26/h6-9,13,16-19,28-29,32H,2-5,10-11H2,1H3,(H,27,31)/t13-,16+,17?,18?,19?,21?/m1/s1. The molecule has 4 rings (SSSR count). The van der Waals surface area contributed by atoms with Crippen LogP contribution >= 0.6 is 0 Å². The molecule has 0 radical (unpaired) electrons. The van der Waals surface area contributed by atoms with E-state index in [2.05, 4.69) is 27.1 Å². The summed E-state index contributed by atoms with van der Waals surface area (Å²) in [5.74, 6) is -0.595. The molecule has 6 atom stereocenters. The molecular weight excluding hydrogens is 423 g/mol. The van der Waals surface area contributed by atoms with Gasteiger partial charge in [-0.2, -0.15) is 18.4 Å². The van der Waals surface area contributed by atoms with Gasteiger partial charge in [0.2, 0.25) is 5.91 Å². The van der Waals surface area contributed by atoms with E-state index < -0.39 is 23.9 Å². The lowest BCUT2D eigenvalue weighted by Crippen LogP contribution is -2.54. The third-order valence-electron chi connectivity index (χ3n) is 7.03. The van der Waals surface area contributed by atoms with Crippen LogP contribution in [0.1, 0.15) is 44.6 Å². The van der Waals surface area contributed by atoms with E-state index in [1.165, 1.54) is 24.3 Å². The van der Waals surface area contributed by atoms with Gasteiger partial charge in [0.25, 0.3) is 0 Å². The number of nitrogens with one attached hydrogen (secondary N) is 3. The number of nitriles is 1. The van der Waals surface area contributed by atoms with Crippen LogP contribution in [0, 0.1) is 23.2 Å². The molecule has 32 heavy (non-hydrogen) atoms. The number of alkyl halides is 3. The number of hydrazine groups is 1. The molecule has 2 saturated heterocycles. The van der Waals surface area contributed by atoms with E-state index in [0.29, 0.717) is 12.2 Å². The SMILES string of the molecule is CC(O)(c1ccc(NC2NN([C@H]3CCCC[C@@H]3C#N)C3CCNC(=O)C23)cc1)C(F)(F)F. The largest absolute Gasteiger partial charge is 0.421 e. The van der Waals surface area contributed by atoms with Gasteiger partial charge in [0, 0.05) is 24.3 Å². The van der Waals surface area contributed by atoms with Gasteiger partial charge in [0.1, 0.15) is 6.17 Å². The Morgan fingerprint density at radius 2 is 1.84 bits per heavy atom. The highest BCUT2D eigenvalue weighted by atomic mass is 19.4. The maximum absolute atomic E-state index is 13.1. The molecule has 10 heteroatoms. The number of hydrogen-bond donors (Lipinski definition) is 4. The Balaban J connectivity index is 1.54. The van der Waals surface area contributed by atoms with Gasteiger partial charge in [0.15, 0.2) is 5.60 Å². The molecule has 3 aliphatic rings. The normalized spacial score (nSPS) is 33.0. The van der Waals surface area contributed by atoms with E-state index in [1.807, 2.05) is 0 Å². The molecule has 3 fully saturated rings. The first-order valence-corrected chi connectivity index (χ1v) is 11.0. The lowest BCUT2D eigenvalue weighted by Gasteiger charge is -2.39. The number of hydrogen-bond acceptors (Lipinski definition) is 6. The Labute approximate surface area is 184 Å². The number of rotatable bonds is 4. The van der Waals surface area contributed by atoms with Crippen molar-refractivity contribution in [3.05, 3.63) is 29.8 Å². The Bertz CT molecular complexity index is 883. The number of aliphatic hydroxyl groups is 1. The second-order valence-electron chi connectivity index (χ2n) is 9.07. The van der Waals surface area contributed by atoms with E-state index in [4.69, 9.17) is 0 Å². The first-order valence-electron chi connectivity index (χ1n) is 11.0. The number of nitrogens with zero attached hydrogens (tertiary/aromatic N) is 2. The average Bonchev–Trinajstić information content (AvgIpc) is 3.12. The number of halogens is 3. The number of benzene rings is 1. The van der Waals surface area contributed by atoms with Gasteiger partial charge in [-0.15, -0.1) is 0 Å². The summed E-state index contributed by atoms with van der Waals surface area (Å²) in [7, 11) is 0. The van der Waals surface area contributed by atoms with Crippen molar-refractivity contribution < 1.29 is 23.1 Å². The van der Waals surface area contributed by atoms with Crippen molar-refractivity contribution in [2.24, 2.45) is 11.8 Å². The van der Waals surface area contributed by atoms with Crippen molar-refractivity contribution in [3.63, 3.8) is 0 Å². The highest BCUT2D eigenvalue weighted by Crippen LogP contribution is 2.39. The topological polar surface area (TPSA) is 100 Å². The smallest absolute Gasteiger partial charge is 0.376 e. The molecule has 4 unspecified atom stereocenters. The molecule has 1 saturated carbocycles. The van der Waals surface area contributed by atoms with Crippen LogP contribution in [-0.4, -0.2) is 47.0 Å². The van der Waals surface area contributed by atoms with Gasteiger partial charge in [0.05, 0.1) is 17.9 Å². The Morgan fingerprint density at radius 1 is 1.16 bits per heavy atom. The molecule has 174 valence electrons. The Hall–Kier alpha value is -2.35. The second kappa shape index (κ2) is 8.54. The highest BCUT2D eigenvalue weighted by Gasteiger charge is 2.52. The lowest BCUT2D eigenvalue weighted by molar-refractivity contribution is -0.258. The Morgan fingerprint density at radius 3 is 2.50 bits per heavy atom. The van der Waals surface area contributed by atoms with Gasteiger partial charge >= 0.3 is 6.18 Å². The van der Waals surface area contributed by atoms with Crippen LogP contribution in [0.3, 0.4) is 0 Å². The Kier molecular flexibility index (Phi) is 6.09. The molecule has 4 N–H and O–H groups in total. The van der Waals surface area contributed by atoms with E-state index in [-0.39, 0.29) is 29.5 Å². The monoisotopic (exact) mass is 451 g/mol. The molecule has 2 heterocycles. The van der Waals surface area contributed by atoms with Crippen LogP contribution < -0.4 is 16.1 Å². The zero-order chi connectivity index (χ0) is 23.1. The molecule has 1 aromatic carbocycles. The first kappa shape index (κ1) is 22.8. The zero-order valence-electron chi connectivity index (χ0n) is 17.8. The molecule has 0 spiro atoms. The molecule has 1 amide bonds. The van der Waals surface area contributed by atoms with E-state index >= 15 is 0 Å². The molecule has 1 aliphatic carbocycles. The minimum atomic E-state index is -4.79. The molecule has 2 aliphatic heterocycles. The third-order valence-corrected chi connectivity index (χ3v) is 7.03. The highest BCUT2D eigenvalue weighted by molar-refractivity contribution is 5.82. The van der Waals surface area contributed by atoms with Crippen LogP contribution in [0.15, 0.2) is 24.3 Å². The maximum atomic E-state index is 13.1. The number of piperidine rings is 1. The zero-order valence-corrected chi connectivity index (χ0v) is 17.8. The van der Waals surface area contributed by atoms with Gasteiger partial charge in [-0.05, 0) is 43.9 Å². The summed E-state index contributed by atoms with van der Waals surface area (Å²) in [4.78, 5) is 12.7. The number of carbonyl (C=O) groups is 1. The van der Waals surface area contributed by atoms with Crippen molar-refractivity contribution in [2.45, 2.75) is 69.1 Å². The molecule has 1 aromatic rings. The summed E-state index contributed by atoms with van der Waals surface area (Å²) in [5.41, 5.74) is 0.718. The van der Waals surface area contributed by atoms with Gasteiger partial charge in [-0.3, -0.25) is 4.79 Å².